The number of anilines is 1. The van der Waals surface area contributed by atoms with E-state index in [2.05, 4.69) is 26.2 Å². The molecule has 0 saturated heterocycles. The summed E-state index contributed by atoms with van der Waals surface area (Å²) in [5, 5.41) is 2.89. The fourth-order valence-electron chi connectivity index (χ4n) is 4.04. The largest absolute Gasteiger partial charge is 0.326 e. The molecule has 2 aromatic carbocycles. The molecule has 1 saturated carbocycles. The molecule has 0 bridgehead atoms. The summed E-state index contributed by atoms with van der Waals surface area (Å²) in [6.45, 7) is 1.67. The molecule has 2 N–H and O–H groups in total. The third kappa shape index (κ3) is 3.51. The zero-order valence-corrected chi connectivity index (χ0v) is 17.1. The molecule has 1 amide bonds. The number of carbonyl (C=O) groups excluding carboxylic acids is 1. The number of aromatic amines is 1. The Hall–Kier alpha value is -2.41. The van der Waals surface area contributed by atoms with E-state index < -0.39 is 0 Å². The van der Waals surface area contributed by atoms with E-state index in [4.69, 9.17) is 0 Å². The lowest BCUT2D eigenvalue weighted by molar-refractivity contribution is -0.121. The van der Waals surface area contributed by atoms with Crippen molar-refractivity contribution >= 4 is 38.6 Å². The predicted molar refractivity (Wildman–Crippen MR) is 111 cm³/mol. The van der Waals surface area contributed by atoms with Crippen LogP contribution in [0.4, 0.5) is 10.1 Å². The Morgan fingerprint density at radius 1 is 1.21 bits per heavy atom. The van der Waals surface area contributed by atoms with Crippen LogP contribution in [0.5, 0.6) is 0 Å². The van der Waals surface area contributed by atoms with Gasteiger partial charge in [0.05, 0.1) is 11.0 Å². The van der Waals surface area contributed by atoms with E-state index in [0.717, 1.165) is 28.3 Å². The number of benzene rings is 2. The molecule has 4 rings (SSSR count). The van der Waals surface area contributed by atoms with Gasteiger partial charge in [-0.3, -0.25) is 9.36 Å². The lowest BCUT2D eigenvalue weighted by atomic mass is 9.85. The van der Waals surface area contributed by atoms with E-state index in [1.165, 1.54) is 6.07 Å². The SMILES string of the molecule is Cc1cc(NC(=O)C2CCC(n3c(=O)[nH]c4c(Br)cccc43)CC2)ccc1F. The molecule has 1 aliphatic carbocycles. The number of imidazole rings is 1. The van der Waals surface area contributed by atoms with Gasteiger partial charge in [0.15, 0.2) is 0 Å². The van der Waals surface area contributed by atoms with Crippen LogP contribution in [-0.2, 0) is 4.79 Å². The fraction of sp³-hybridized carbons (Fsp3) is 0.333. The number of hydrogen-bond acceptors (Lipinski definition) is 2. The van der Waals surface area contributed by atoms with E-state index in [1.54, 1.807) is 19.1 Å². The first kappa shape index (κ1) is 18.9. The number of fused-ring (bicyclic) bond motifs is 1. The second kappa shape index (κ2) is 7.54. The highest BCUT2D eigenvalue weighted by molar-refractivity contribution is 9.10. The van der Waals surface area contributed by atoms with Crippen molar-refractivity contribution in [1.82, 2.24) is 9.55 Å². The molecule has 1 heterocycles. The number of aromatic nitrogens is 2. The summed E-state index contributed by atoms with van der Waals surface area (Å²) in [6, 6.07) is 10.4. The first-order valence-corrected chi connectivity index (χ1v) is 10.2. The van der Waals surface area contributed by atoms with Gasteiger partial charge in [-0.1, -0.05) is 6.07 Å². The maximum Gasteiger partial charge on any atom is 0.326 e. The fourth-order valence-corrected chi connectivity index (χ4v) is 4.49. The zero-order chi connectivity index (χ0) is 19.8. The molecule has 0 radical (unpaired) electrons. The molecule has 1 aromatic heterocycles. The Kier molecular flexibility index (Phi) is 5.10. The molecule has 0 unspecified atom stereocenters. The minimum Gasteiger partial charge on any atom is -0.326 e. The van der Waals surface area contributed by atoms with E-state index >= 15 is 0 Å². The van der Waals surface area contributed by atoms with Crippen molar-refractivity contribution in [2.24, 2.45) is 5.92 Å². The molecule has 5 nitrogen and oxygen atoms in total. The Bertz CT molecular complexity index is 1100. The van der Waals surface area contributed by atoms with Crippen molar-refractivity contribution in [3.05, 3.63) is 62.7 Å². The van der Waals surface area contributed by atoms with E-state index in [0.29, 0.717) is 24.1 Å². The molecule has 3 aromatic rings. The number of nitrogens with one attached hydrogen (secondary N) is 2. The highest BCUT2D eigenvalue weighted by Gasteiger charge is 2.29. The van der Waals surface area contributed by atoms with Crippen LogP contribution in [0.3, 0.4) is 0 Å². The molecule has 28 heavy (non-hydrogen) atoms. The molecule has 1 aliphatic rings. The van der Waals surface area contributed by atoms with Crippen LogP contribution in [-0.4, -0.2) is 15.5 Å². The van der Waals surface area contributed by atoms with Crippen molar-refractivity contribution in [2.45, 2.75) is 38.6 Å². The first-order chi connectivity index (χ1) is 13.4. The van der Waals surface area contributed by atoms with Crippen LogP contribution < -0.4 is 11.0 Å². The summed E-state index contributed by atoms with van der Waals surface area (Å²) in [6.07, 6.45) is 2.95. The summed E-state index contributed by atoms with van der Waals surface area (Å²) < 4.78 is 16.1. The van der Waals surface area contributed by atoms with E-state index in [9.17, 15) is 14.0 Å². The topological polar surface area (TPSA) is 66.9 Å². The predicted octanol–water partition coefficient (Wildman–Crippen LogP) is 4.91. The van der Waals surface area contributed by atoms with Crippen LogP contribution in [0.15, 0.2) is 45.7 Å². The smallest absolute Gasteiger partial charge is 0.326 e. The third-order valence-corrected chi connectivity index (χ3v) is 6.22. The molecule has 0 spiro atoms. The summed E-state index contributed by atoms with van der Waals surface area (Å²) in [5.41, 5.74) is 2.69. The van der Waals surface area contributed by atoms with Crippen molar-refractivity contribution < 1.29 is 9.18 Å². The summed E-state index contributed by atoms with van der Waals surface area (Å²) in [4.78, 5) is 28.0. The van der Waals surface area contributed by atoms with Gasteiger partial charge in [-0.15, -0.1) is 0 Å². The number of carbonyl (C=O) groups is 1. The van der Waals surface area contributed by atoms with Crippen molar-refractivity contribution in [1.29, 1.82) is 0 Å². The Morgan fingerprint density at radius 3 is 2.68 bits per heavy atom. The quantitative estimate of drug-likeness (QED) is 0.601. The number of nitrogens with zero attached hydrogens (tertiary/aromatic N) is 1. The molecular weight excluding hydrogens is 425 g/mol. The molecule has 7 heteroatoms. The zero-order valence-electron chi connectivity index (χ0n) is 15.5. The molecule has 1 fully saturated rings. The standard InChI is InChI=1S/C21H21BrFN3O2/c1-12-11-14(7-10-17(12)23)24-20(27)13-5-8-15(9-6-13)26-18-4-2-3-16(22)19(18)25-21(26)28/h2-4,7,10-11,13,15H,5-6,8-9H2,1H3,(H,24,27)(H,25,28). The average Bonchev–Trinajstić information content (AvgIpc) is 3.02. The van der Waals surface area contributed by atoms with Gasteiger partial charge in [0, 0.05) is 22.1 Å². The number of hydrogen-bond donors (Lipinski definition) is 2. The van der Waals surface area contributed by atoms with E-state index in [-0.39, 0.29) is 29.4 Å². The first-order valence-electron chi connectivity index (χ1n) is 9.40. The highest BCUT2D eigenvalue weighted by atomic mass is 79.9. The van der Waals surface area contributed by atoms with Crippen molar-refractivity contribution in [3.8, 4) is 0 Å². The number of amides is 1. The summed E-state index contributed by atoms with van der Waals surface area (Å²) >= 11 is 3.48. The van der Waals surface area contributed by atoms with Gasteiger partial charge in [-0.05, 0) is 84.4 Å². The van der Waals surface area contributed by atoms with Gasteiger partial charge >= 0.3 is 5.69 Å². The molecule has 0 atom stereocenters. The van der Waals surface area contributed by atoms with Crippen LogP contribution in [0.1, 0.15) is 37.3 Å². The van der Waals surface area contributed by atoms with Crippen LogP contribution in [0, 0.1) is 18.7 Å². The van der Waals surface area contributed by atoms with Gasteiger partial charge in [0.2, 0.25) is 5.91 Å². The highest BCUT2D eigenvalue weighted by Crippen LogP contribution is 2.34. The Labute approximate surface area is 170 Å². The Morgan fingerprint density at radius 2 is 1.96 bits per heavy atom. The number of para-hydroxylation sites is 1. The summed E-state index contributed by atoms with van der Waals surface area (Å²) in [7, 11) is 0. The minimum atomic E-state index is -0.283. The van der Waals surface area contributed by atoms with E-state index in [1.807, 2.05) is 22.8 Å². The van der Waals surface area contributed by atoms with Gasteiger partial charge in [-0.25, -0.2) is 9.18 Å². The van der Waals surface area contributed by atoms with Crippen LogP contribution in [0.2, 0.25) is 0 Å². The normalized spacial score (nSPS) is 19.7. The number of halogens is 2. The van der Waals surface area contributed by atoms with Crippen LogP contribution >= 0.6 is 15.9 Å². The lowest BCUT2D eigenvalue weighted by Gasteiger charge is -2.28. The number of rotatable bonds is 3. The van der Waals surface area contributed by atoms with Gasteiger partial charge < -0.3 is 10.3 Å². The van der Waals surface area contributed by atoms with Gasteiger partial charge in [0.25, 0.3) is 0 Å². The molecule has 0 aliphatic heterocycles. The second-order valence-electron chi connectivity index (χ2n) is 7.39. The Balaban J connectivity index is 1.45. The number of aryl methyl sites for hydroxylation is 1. The lowest BCUT2D eigenvalue weighted by Crippen LogP contribution is -2.31. The minimum absolute atomic E-state index is 0.0431. The molecule has 146 valence electrons. The van der Waals surface area contributed by atoms with Crippen LogP contribution in [0.25, 0.3) is 11.0 Å². The maximum atomic E-state index is 13.4. The average molecular weight is 446 g/mol. The van der Waals surface area contributed by atoms with Gasteiger partial charge in [0.1, 0.15) is 5.82 Å². The summed E-state index contributed by atoms with van der Waals surface area (Å²) in [5.74, 6) is -0.429. The van der Waals surface area contributed by atoms with Crippen molar-refractivity contribution in [2.75, 3.05) is 5.32 Å². The second-order valence-corrected chi connectivity index (χ2v) is 8.25. The molecular formula is C21H21BrFN3O2. The van der Waals surface area contributed by atoms with Gasteiger partial charge in [-0.2, -0.15) is 0 Å². The third-order valence-electron chi connectivity index (χ3n) is 5.56. The monoisotopic (exact) mass is 445 g/mol. The number of H-pyrrole nitrogens is 1. The maximum absolute atomic E-state index is 13.4. The van der Waals surface area contributed by atoms with Crippen molar-refractivity contribution in [3.63, 3.8) is 0 Å².